The molecule has 1 aromatic heterocycles. The normalized spacial score (nSPS) is 16.5. The molecule has 0 radical (unpaired) electrons. The van der Waals surface area contributed by atoms with Crippen molar-refractivity contribution in [1.29, 1.82) is 0 Å². The van der Waals surface area contributed by atoms with Crippen LogP contribution in [0.4, 0.5) is 0 Å². The van der Waals surface area contributed by atoms with E-state index >= 15 is 0 Å². The Hall–Kier alpha value is -1.57. The van der Waals surface area contributed by atoms with Gasteiger partial charge in [-0.2, -0.15) is 0 Å². The van der Waals surface area contributed by atoms with Crippen LogP contribution in [0.15, 0.2) is 28.2 Å². The fraction of sp³-hybridized carbons (Fsp3) is 0.550. The molecule has 1 saturated heterocycles. The van der Waals surface area contributed by atoms with E-state index < -0.39 is 0 Å². The Morgan fingerprint density at radius 3 is 2.79 bits per heavy atom. The van der Waals surface area contributed by atoms with Gasteiger partial charge in [-0.25, -0.2) is 4.98 Å². The van der Waals surface area contributed by atoms with Crippen LogP contribution in [0.3, 0.4) is 0 Å². The molecule has 0 spiro atoms. The summed E-state index contributed by atoms with van der Waals surface area (Å²) in [6, 6.07) is 5.06. The summed E-state index contributed by atoms with van der Waals surface area (Å²) in [4.78, 5) is 32.4. The highest BCUT2D eigenvalue weighted by Crippen LogP contribution is 2.26. The number of fused-ring (bicyclic) bond motifs is 1. The predicted octanol–water partition coefficient (Wildman–Crippen LogP) is 3.44. The van der Waals surface area contributed by atoms with Crippen LogP contribution in [-0.4, -0.2) is 52.4 Å². The smallest absolute Gasteiger partial charge is 0.262 e. The molecular formula is C20H26ClN3O3S. The number of benzene rings is 1. The van der Waals surface area contributed by atoms with Crippen LogP contribution >= 0.6 is 23.4 Å². The standard InChI is InChI=1S/C20H26ClN3O3S/c1-13-6-8-23(9-7-13)18(25)14(2)28-20-22-17-12-15(21)4-5-16(17)19(26)24(20)10-11-27-3/h4-5,12-14H,6-11H2,1-3H3. The van der Waals surface area contributed by atoms with Gasteiger partial charge in [-0.1, -0.05) is 30.3 Å². The quantitative estimate of drug-likeness (QED) is 0.526. The van der Waals surface area contributed by atoms with Gasteiger partial charge in [0.1, 0.15) is 0 Å². The summed E-state index contributed by atoms with van der Waals surface area (Å²) in [5.74, 6) is 0.758. The molecule has 3 rings (SSSR count). The molecule has 1 fully saturated rings. The predicted molar refractivity (Wildman–Crippen MR) is 113 cm³/mol. The SMILES string of the molecule is COCCn1c(SC(C)C(=O)N2CCC(C)CC2)nc2cc(Cl)ccc2c1=O. The highest BCUT2D eigenvalue weighted by atomic mass is 35.5. The van der Waals surface area contributed by atoms with Crippen LogP contribution in [0.2, 0.25) is 5.02 Å². The van der Waals surface area contributed by atoms with Crippen LogP contribution in [0.25, 0.3) is 10.9 Å². The summed E-state index contributed by atoms with van der Waals surface area (Å²) in [5.41, 5.74) is 0.396. The number of nitrogens with zero attached hydrogens (tertiary/aromatic N) is 3. The van der Waals surface area contributed by atoms with Crippen molar-refractivity contribution < 1.29 is 9.53 Å². The number of carbonyl (C=O) groups is 1. The molecule has 2 aromatic rings. The third kappa shape index (κ3) is 4.70. The van der Waals surface area contributed by atoms with Gasteiger partial charge in [-0.15, -0.1) is 0 Å². The first kappa shape index (κ1) is 21.1. The Morgan fingerprint density at radius 1 is 1.39 bits per heavy atom. The zero-order chi connectivity index (χ0) is 20.3. The summed E-state index contributed by atoms with van der Waals surface area (Å²) in [6.45, 7) is 6.45. The molecule has 152 valence electrons. The van der Waals surface area contributed by atoms with E-state index in [2.05, 4.69) is 11.9 Å². The molecule has 0 saturated carbocycles. The largest absolute Gasteiger partial charge is 0.383 e. The number of rotatable bonds is 6. The number of likely N-dealkylation sites (tertiary alicyclic amines) is 1. The summed E-state index contributed by atoms with van der Waals surface area (Å²) in [5, 5.41) is 1.22. The van der Waals surface area contributed by atoms with Crippen molar-refractivity contribution in [2.75, 3.05) is 26.8 Å². The number of aromatic nitrogens is 2. The fourth-order valence-corrected chi connectivity index (χ4v) is 4.52. The van der Waals surface area contributed by atoms with E-state index in [1.807, 2.05) is 11.8 Å². The highest BCUT2D eigenvalue weighted by molar-refractivity contribution is 8.00. The van der Waals surface area contributed by atoms with Crippen molar-refractivity contribution in [3.63, 3.8) is 0 Å². The Labute approximate surface area is 174 Å². The van der Waals surface area contributed by atoms with Gasteiger partial charge in [0.05, 0.1) is 29.3 Å². The molecule has 1 aromatic carbocycles. The van der Waals surface area contributed by atoms with Crippen molar-refractivity contribution in [2.24, 2.45) is 5.92 Å². The molecule has 1 unspecified atom stereocenters. The van der Waals surface area contributed by atoms with Gasteiger partial charge in [0, 0.05) is 25.2 Å². The van der Waals surface area contributed by atoms with E-state index in [4.69, 9.17) is 16.3 Å². The minimum atomic E-state index is -0.328. The third-order valence-corrected chi connectivity index (χ3v) is 6.44. The lowest BCUT2D eigenvalue weighted by Gasteiger charge is -2.32. The molecule has 0 N–H and O–H groups in total. The lowest BCUT2D eigenvalue weighted by molar-refractivity contribution is -0.131. The Morgan fingerprint density at radius 2 is 2.11 bits per heavy atom. The van der Waals surface area contributed by atoms with Crippen molar-refractivity contribution >= 4 is 40.2 Å². The van der Waals surface area contributed by atoms with Gasteiger partial charge >= 0.3 is 0 Å². The van der Waals surface area contributed by atoms with E-state index in [0.29, 0.717) is 40.2 Å². The molecule has 0 bridgehead atoms. The highest BCUT2D eigenvalue weighted by Gasteiger charge is 2.26. The molecule has 28 heavy (non-hydrogen) atoms. The van der Waals surface area contributed by atoms with E-state index in [9.17, 15) is 9.59 Å². The van der Waals surface area contributed by atoms with Crippen LogP contribution < -0.4 is 5.56 Å². The Balaban J connectivity index is 1.89. The van der Waals surface area contributed by atoms with Gasteiger partial charge in [0.2, 0.25) is 5.91 Å². The van der Waals surface area contributed by atoms with Gasteiger partial charge < -0.3 is 9.64 Å². The monoisotopic (exact) mass is 423 g/mol. The maximum Gasteiger partial charge on any atom is 0.262 e. The number of piperidine rings is 1. The molecule has 1 atom stereocenters. The maximum absolute atomic E-state index is 13.0. The second kappa shape index (κ2) is 9.29. The van der Waals surface area contributed by atoms with Crippen LogP contribution in [0.5, 0.6) is 0 Å². The Kier molecular flexibility index (Phi) is 7.01. The number of methoxy groups -OCH3 is 1. The molecule has 8 heteroatoms. The molecule has 2 heterocycles. The second-order valence-electron chi connectivity index (χ2n) is 7.27. The average molecular weight is 424 g/mol. The van der Waals surface area contributed by atoms with Crippen LogP contribution in [-0.2, 0) is 16.1 Å². The number of carbonyl (C=O) groups excluding carboxylic acids is 1. The number of halogens is 1. The summed E-state index contributed by atoms with van der Waals surface area (Å²) >= 11 is 7.40. The summed E-state index contributed by atoms with van der Waals surface area (Å²) in [7, 11) is 1.59. The van der Waals surface area contributed by atoms with Crippen molar-refractivity contribution in [2.45, 2.75) is 43.6 Å². The minimum Gasteiger partial charge on any atom is -0.383 e. The first-order valence-electron chi connectivity index (χ1n) is 9.55. The number of thioether (sulfide) groups is 1. The molecule has 1 aliphatic heterocycles. The van der Waals surface area contributed by atoms with E-state index in [-0.39, 0.29) is 16.7 Å². The van der Waals surface area contributed by atoms with Crippen molar-refractivity contribution in [1.82, 2.24) is 14.5 Å². The number of ether oxygens (including phenoxy) is 1. The fourth-order valence-electron chi connectivity index (χ4n) is 3.34. The van der Waals surface area contributed by atoms with Gasteiger partial charge in [0.15, 0.2) is 5.16 Å². The van der Waals surface area contributed by atoms with Crippen LogP contribution in [0, 0.1) is 5.92 Å². The van der Waals surface area contributed by atoms with Gasteiger partial charge in [-0.3, -0.25) is 14.2 Å². The molecule has 6 nitrogen and oxygen atoms in total. The number of hydrogen-bond donors (Lipinski definition) is 0. The third-order valence-electron chi connectivity index (χ3n) is 5.13. The van der Waals surface area contributed by atoms with E-state index in [0.717, 1.165) is 25.9 Å². The average Bonchev–Trinajstić information content (AvgIpc) is 2.67. The lowest BCUT2D eigenvalue weighted by atomic mass is 9.99. The van der Waals surface area contributed by atoms with E-state index in [1.165, 1.54) is 11.8 Å². The molecule has 1 amide bonds. The topological polar surface area (TPSA) is 64.4 Å². The second-order valence-corrected chi connectivity index (χ2v) is 9.02. The molecule has 0 aliphatic carbocycles. The zero-order valence-corrected chi connectivity index (χ0v) is 18.1. The Bertz CT molecular complexity index is 909. The minimum absolute atomic E-state index is 0.0932. The lowest BCUT2D eigenvalue weighted by Crippen LogP contribution is -2.42. The van der Waals surface area contributed by atoms with Gasteiger partial charge in [-0.05, 0) is 43.9 Å². The van der Waals surface area contributed by atoms with Gasteiger partial charge in [0.25, 0.3) is 5.56 Å². The zero-order valence-electron chi connectivity index (χ0n) is 16.5. The van der Waals surface area contributed by atoms with E-state index in [1.54, 1.807) is 29.9 Å². The first-order valence-corrected chi connectivity index (χ1v) is 10.8. The molecule has 1 aliphatic rings. The maximum atomic E-state index is 13.0. The van der Waals surface area contributed by atoms with Crippen LogP contribution in [0.1, 0.15) is 26.7 Å². The van der Waals surface area contributed by atoms with Crippen molar-refractivity contribution in [3.8, 4) is 0 Å². The summed E-state index contributed by atoms with van der Waals surface area (Å²) < 4.78 is 6.74. The molecular weight excluding hydrogens is 398 g/mol. The summed E-state index contributed by atoms with van der Waals surface area (Å²) in [6.07, 6.45) is 2.07. The van der Waals surface area contributed by atoms with Crippen molar-refractivity contribution in [3.05, 3.63) is 33.6 Å². The number of hydrogen-bond acceptors (Lipinski definition) is 5. The number of amides is 1. The first-order chi connectivity index (χ1) is 13.4.